The van der Waals surface area contributed by atoms with Gasteiger partial charge in [-0.1, -0.05) is 27.2 Å². The van der Waals surface area contributed by atoms with Gasteiger partial charge in [0.15, 0.2) is 6.10 Å². The molecule has 1 saturated heterocycles. The number of carbonyl (C=O) groups excluding carboxylic acids is 2. The average molecular weight is 331 g/mol. The van der Waals surface area contributed by atoms with E-state index in [0.29, 0.717) is 6.61 Å². The highest BCUT2D eigenvalue weighted by Gasteiger charge is 2.36. The van der Waals surface area contributed by atoms with E-state index in [1.54, 1.807) is 20.8 Å². The highest BCUT2D eigenvalue weighted by molar-refractivity contribution is 5.76. The topological polar surface area (TPSA) is 97.1 Å². The molecule has 1 fully saturated rings. The van der Waals surface area contributed by atoms with Crippen LogP contribution in [0.25, 0.3) is 0 Å². The van der Waals surface area contributed by atoms with Crippen LogP contribution < -0.4 is 5.73 Å². The predicted octanol–water partition coefficient (Wildman–Crippen LogP) is 1.03. The summed E-state index contributed by atoms with van der Waals surface area (Å²) in [6.07, 6.45) is -0.0213. The van der Waals surface area contributed by atoms with Crippen LogP contribution in [0.5, 0.6) is 0 Å². The molecule has 1 rings (SSSR count). The summed E-state index contributed by atoms with van der Waals surface area (Å²) in [5.41, 5.74) is 5.69. The molecule has 2 N–H and O–H groups in total. The standard InChI is InChI=1S/C16H29NO6/c1-5-6-7-21-13-9-20-8-12(17)16(19)22-11(4)14(13)23-15(18)10(2)3/h10-14H,5-9,17H2,1-4H3/t11-,12-,13-,14-/m0/s1. The summed E-state index contributed by atoms with van der Waals surface area (Å²) in [5.74, 6) is -1.23. The van der Waals surface area contributed by atoms with Crippen LogP contribution in [0, 0.1) is 5.92 Å². The Morgan fingerprint density at radius 2 is 2.09 bits per heavy atom. The Morgan fingerprint density at radius 3 is 2.70 bits per heavy atom. The van der Waals surface area contributed by atoms with Gasteiger partial charge in [-0.3, -0.25) is 9.59 Å². The number of esters is 2. The first-order chi connectivity index (χ1) is 10.9. The number of hydrogen-bond acceptors (Lipinski definition) is 7. The Kier molecular flexibility index (Phi) is 8.51. The first-order valence-electron chi connectivity index (χ1n) is 8.22. The number of nitrogens with two attached hydrogens (primary N) is 1. The highest BCUT2D eigenvalue weighted by Crippen LogP contribution is 2.18. The molecule has 0 saturated carbocycles. The average Bonchev–Trinajstić information content (AvgIpc) is 2.53. The molecule has 7 heteroatoms. The van der Waals surface area contributed by atoms with Crippen molar-refractivity contribution in [2.24, 2.45) is 11.7 Å². The molecule has 0 aromatic rings. The molecule has 0 bridgehead atoms. The van der Waals surface area contributed by atoms with Gasteiger partial charge in [-0.25, -0.2) is 0 Å². The number of hydrogen-bond donors (Lipinski definition) is 1. The number of rotatable bonds is 6. The normalized spacial score (nSPS) is 29.4. The van der Waals surface area contributed by atoms with Crippen molar-refractivity contribution in [3.05, 3.63) is 0 Å². The van der Waals surface area contributed by atoms with Crippen LogP contribution in [0.3, 0.4) is 0 Å². The van der Waals surface area contributed by atoms with Crippen LogP contribution in [0.4, 0.5) is 0 Å². The van der Waals surface area contributed by atoms with E-state index in [1.165, 1.54) is 0 Å². The van der Waals surface area contributed by atoms with Crippen molar-refractivity contribution < 1.29 is 28.5 Å². The van der Waals surface area contributed by atoms with Crippen LogP contribution >= 0.6 is 0 Å². The molecule has 0 amide bonds. The predicted molar refractivity (Wildman–Crippen MR) is 83.7 cm³/mol. The van der Waals surface area contributed by atoms with Gasteiger partial charge in [-0.15, -0.1) is 0 Å². The van der Waals surface area contributed by atoms with Gasteiger partial charge in [-0.2, -0.15) is 0 Å². The maximum atomic E-state index is 12.0. The van der Waals surface area contributed by atoms with Gasteiger partial charge in [0.25, 0.3) is 0 Å². The molecule has 0 unspecified atom stereocenters. The Balaban J connectivity index is 2.88. The van der Waals surface area contributed by atoms with E-state index < -0.39 is 30.3 Å². The van der Waals surface area contributed by atoms with Gasteiger partial charge in [0, 0.05) is 6.61 Å². The van der Waals surface area contributed by atoms with E-state index in [-0.39, 0.29) is 25.1 Å². The van der Waals surface area contributed by atoms with Gasteiger partial charge in [0.05, 0.1) is 19.1 Å². The third-order valence-electron chi connectivity index (χ3n) is 3.57. The molecule has 7 nitrogen and oxygen atoms in total. The molecule has 0 radical (unpaired) electrons. The van der Waals surface area contributed by atoms with Crippen molar-refractivity contribution in [1.82, 2.24) is 0 Å². The Morgan fingerprint density at radius 1 is 1.39 bits per heavy atom. The largest absolute Gasteiger partial charge is 0.457 e. The molecular weight excluding hydrogens is 302 g/mol. The maximum Gasteiger partial charge on any atom is 0.325 e. The summed E-state index contributed by atoms with van der Waals surface area (Å²) in [5, 5.41) is 0. The number of ether oxygens (including phenoxy) is 4. The van der Waals surface area contributed by atoms with Crippen molar-refractivity contribution in [1.29, 1.82) is 0 Å². The lowest BCUT2D eigenvalue weighted by Crippen LogP contribution is -2.46. The van der Waals surface area contributed by atoms with Crippen molar-refractivity contribution in [3.8, 4) is 0 Å². The molecule has 1 aliphatic heterocycles. The van der Waals surface area contributed by atoms with E-state index in [0.717, 1.165) is 12.8 Å². The van der Waals surface area contributed by atoms with Crippen LogP contribution in [-0.2, 0) is 28.5 Å². The van der Waals surface area contributed by atoms with E-state index in [4.69, 9.17) is 24.7 Å². The number of unbranched alkanes of at least 4 members (excludes halogenated alkanes) is 1. The molecule has 1 aliphatic rings. The second kappa shape index (κ2) is 9.85. The molecule has 0 aromatic carbocycles. The molecule has 0 aliphatic carbocycles. The van der Waals surface area contributed by atoms with Gasteiger partial charge >= 0.3 is 11.9 Å². The Hall–Kier alpha value is -1.18. The minimum Gasteiger partial charge on any atom is -0.457 e. The third-order valence-corrected chi connectivity index (χ3v) is 3.57. The zero-order valence-electron chi connectivity index (χ0n) is 14.4. The fourth-order valence-electron chi connectivity index (χ4n) is 2.08. The fourth-order valence-corrected chi connectivity index (χ4v) is 2.08. The zero-order chi connectivity index (χ0) is 17.4. The summed E-state index contributed by atoms with van der Waals surface area (Å²) >= 11 is 0. The molecule has 4 atom stereocenters. The SMILES string of the molecule is CCCCO[C@H]1COC[C@H](N)C(=O)O[C@@H](C)[C@@H]1OC(=O)C(C)C. The van der Waals surface area contributed by atoms with Gasteiger partial charge in [-0.05, 0) is 13.3 Å². The van der Waals surface area contributed by atoms with Crippen molar-refractivity contribution in [2.45, 2.75) is 64.9 Å². The summed E-state index contributed by atoms with van der Waals surface area (Å²) in [7, 11) is 0. The second-order valence-corrected chi connectivity index (χ2v) is 6.10. The summed E-state index contributed by atoms with van der Waals surface area (Å²) in [6, 6.07) is -0.853. The lowest BCUT2D eigenvalue weighted by atomic mass is 10.1. The second-order valence-electron chi connectivity index (χ2n) is 6.10. The summed E-state index contributed by atoms with van der Waals surface area (Å²) < 4.78 is 22.1. The maximum absolute atomic E-state index is 12.0. The number of cyclic esters (lactones) is 1. The lowest BCUT2D eigenvalue weighted by molar-refractivity contribution is -0.182. The van der Waals surface area contributed by atoms with E-state index >= 15 is 0 Å². The molecule has 0 aromatic heterocycles. The Labute approximate surface area is 137 Å². The lowest BCUT2D eigenvalue weighted by Gasteiger charge is -2.30. The highest BCUT2D eigenvalue weighted by atomic mass is 16.6. The van der Waals surface area contributed by atoms with E-state index in [9.17, 15) is 9.59 Å². The van der Waals surface area contributed by atoms with Crippen LogP contribution in [0.1, 0.15) is 40.5 Å². The van der Waals surface area contributed by atoms with E-state index in [1.807, 2.05) is 0 Å². The van der Waals surface area contributed by atoms with Crippen LogP contribution in [0.2, 0.25) is 0 Å². The minimum absolute atomic E-state index is 0.0457. The van der Waals surface area contributed by atoms with Gasteiger partial charge in [0.2, 0.25) is 0 Å². The van der Waals surface area contributed by atoms with Crippen molar-refractivity contribution in [3.63, 3.8) is 0 Å². The minimum atomic E-state index is -0.853. The summed E-state index contributed by atoms with van der Waals surface area (Å²) in [6.45, 7) is 7.97. The van der Waals surface area contributed by atoms with Crippen LogP contribution in [0.15, 0.2) is 0 Å². The number of carbonyl (C=O) groups is 2. The van der Waals surface area contributed by atoms with Crippen molar-refractivity contribution in [2.75, 3.05) is 19.8 Å². The van der Waals surface area contributed by atoms with Crippen LogP contribution in [-0.4, -0.2) is 56.1 Å². The van der Waals surface area contributed by atoms with Gasteiger partial charge < -0.3 is 24.7 Å². The molecule has 134 valence electrons. The van der Waals surface area contributed by atoms with Gasteiger partial charge in [0.1, 0.15) is 18.2 Å². The molecular formula is C16H29NO6. The third kappa shape index (κ3) is 6.45. The fraction of sp³-hybridized carbons (Fsp3) is 0.875. The van der Waals surface area contributed by atoms with E-state index in [2.05, 4.69) is 6.92 Å². The zero-order valence-corrected chi connectivity index (χ0v) is 14.4. The molecule has 0 spiro atoms. The molecule has 23 heavy (non-hydrogen) atoms. The quantitative estimate of drug-likeness (QED) is 0.573. The monoisotopic (exact) mass is 331 g/mol. The summed E-state index contributed by atoms with van der Waals surface area (Å²) in [4.78, 5) is 23.8. The van der Waals surface area contributed by atoms with Crippen molar-refractivity contribution >= 4 is 11.9 Å². The first-order valence-corrected chi connectivity index (χ1v) is 8.22. The smallest absolute Gasteiger partial charge is 0.325 e. The Bertz CT molecular complexity index is 387. The molecule has 1 heterocycles. The first kappa shape index (κ1) is 19.9.